The first-order valence-corrected chi connectivity index (χ1v) is 34.0. The third-order valence-electron chi connectivity index (χ3n) is 14.5. The number of rotatable bonds is 31. The lowest BCUT2D eigenvalue weighted by Crippen LogP contribution is -2.44. The van der Waals surface area contributed by atoms with Crippen molar-refractivity contribution in [2.45, 2.75) is 154 Å². The summed E-state index contributed by atoms with van der Waals surface area (Å²) in [6, 6.07) is 27.0. The second-order valence-corrected chi connectivity index (χ2v) is 26.5. The van der Waals surface area contributed by atoms with E-state index in [1.807, 2.05) is 89.1 Å². The highest BCUT2D eigenvalue weighted by Crippen LogP contribution is 2.41. The third-order valence-corrected chi connectivity index (χ3v) is 20.5. The number of carbonyl (C=O) groups is 6. The molecule has 2 saturated heterocycles. The molecule has 2 amide bonds. The Kier molecular flexibility index (Phi) is 34.1. The first-order valence-electron chi connectivity index (χ1n) is 29.2. The highest BCUT2D eigenvalue weighted by molar-refractivity contribution is 8.77. The van der Waals surface area contributed by atoms with E-state index in [-0.39, 0.29) is 56.6 Å². The minimum Gasteiger partial charge on any atom is -0.497 e. The summed E-state index contributed by atoms with van der Waals surface area (Å²) in [6.07, 6.45) is 5.29. The molecule has 0 radical (unpaired) electrons. The fourth-order valence-corrected chi connectivity index (χ4v) is 14.9. The number of unbranched alkanes of at least 4 members (excludes halogenated alkanes) is 2. The lowest BCUT2D eigenvalue weighted by atomic mass is 10.0. The molecule has 6 unspecified atom stereocenters. The van der Waals surface area contributed by atoms with Crippen molar-refractivity contribution in [3.8, 4) is 23.0 Å². The highest BCUT2D eigenvalue weighted by atomic mass is 33.1. The van der Waals surface area contributed by atoms with Crippen LogP contribution in [-0.2, 0) is 46.4 Å². The fraction of sp³-hybridized carbons (Fsp3) is 0.531. The van der Waals surface area contributed by atoms with Crippen molar-refractivity contribution in [1.82, 2.24) is 9.80 Å². The Balaban J connectivity index is 0.000000329. The average Bonchev–Trinajstić information content (AvgIpc) is 3.92. The fourth-order valence-electron chi connectivity index (χ4n) is 8.80. The molecule has 23 heteroatoms. The maximum Gasteiger partial charge on any atom is 0.413 e. The van der Waals surface area contributed by atoms with Crippen LogP contribution >= 0.6 is 43.2 Å². The lowest BCUT2D eigenvalue weighted by Gasteiger charge is -2.33. The van der Waals surface area contributed by atoms with Crippen LogP contribution in [-0.4, -0.2) is 144 Å². The molecule has 2 aliphatic rings. The van der Waals surface area contributed by atoms with Crippen LogP contribution in [0.2, 0.25) is 0 Å². The molecular formula is C64H88N2O17S4. The van der Waals surface area contributed by atoms with Crippen LogP contribution in [0.15, 0.2) is 97.1 Å². The zero-order valence-corrected chi connectivity index (χ0v) is 55.0. The second kappa shape index (κ2) is 40.4. The monoisotopic (exact) mass is 1280 g/mol. The van der Waals surface area contributed by atoms with E-state index in [1.165, 1.54) is 48.0 Å². The number of benzene rings is 4. The Morgan fingerprint density at radius 2 is 0.966 bits per heavy atom. The van der Waals surface area contributed by atoms with Crippen LogP contribution in [0, 0.1) is 11.8 Å². The van der Waals surface area contributed by atoms with Gasteiger partial charge in [-0.15, -0.1) is 0 Å². The molecule has 2 fully saturated rings. The summed E-state index contributed by atoms with van der Waals surface area (Å²) in [4.78, 5) is 77.0. The topological polar surface area (TPSA) is 232 Å². The number of nitrogens with zero attached hydrogens (tertiary/aromatic N) is 2. The van der Waals surface area contributed by atoms with Gasteiger partial charge in [0.05, 0.1) is 59.3 Å². The molecule has 87 heavy (non-hydrogen) atoms. The van der Waals surface area contributed by atoms with Gasteiger partial charge in [0.1, 0.15) is 23.0 Å². The average molecular weight is 1290 g/mol. The molecule has 0 aromatic heterocycles. The van der Waals surface area contributed by atoms with Gasteiger partial charge in [-0.25, -0.2) is 19.2 Å². The Hall–Kier alpha value is -6.14. The number of hydrogen-bond acceptors (Lipinski definition) is 20. The summed E-state index contributed by atoms with van der Waals surface area (Å²) in [6.45, 7) is 10.8. The Morgan fingerprint density at radius 3 is 1.33 bits per heavy atom. The van der Waals surface area contributed by atoms with Crippen LogP contribution in [0.1, 0.15) is 138 Å². The summed E-state index contributed by atoms with van der Waals surface area (Å²) in [5.74, 6) is 2.23. The van der Waals surface area contributed by atoms with Crippen LogP contribution < -0.4 is 18.9 Å². The zero-order chi connectivity index (χ0) is 63.7. The number of amides is 2. The van der Waals surface area contributed by atoms with E-state index in [4.69, 9.17) is 47.7 Å². The maximum absolute atomic E-state index is 13.5. The van der Waals surface area contributed by atoms with E-state index in [1.54, 1.807) is 107 Å². The molecule has 4 aromatic carbocycles. The van der Waals surface area contributed by atoms with Gasteiger partial charge < -0.3 is 62.6 Å². The minimum atomic E-state index is -1.07. The van der Waals surface area contributed by atoms with Crippen molar-refractivity contribution < 1.29 is 81.6 Å². The summed E-state index contributed by atoms with van der Waals surface area (Å²) >= 11 is 0. The molecule has 0 aliphatic carbocycles. The normalized spacial score (nSPS) is 16.2. The highest BCUT2D eigenvalue weighted by Gasteiger charge is 2.32. The van der Waals surface area contributed by atoms with Gasteiger partial charge in [0, 0.05) is 96.6 Å². The first kappa shape index (κ1) is 73.3. The quantitative estimate of drug-likeness (QED) is 0.0157. The van der Waals surface area contributed by atoms with Crippen molar-refractivity contribution in [2.24, 2.45) is 11.8 Å². The van der Waals surface area contributed by atoms with E-state index in [9.17, 15) is 33.9 Å². The number of aliphatic hydroxyl groups is 1. The molecule has 8 atom stereocenters. The van der Waals surface area contributed by atoms with Crippen LogP contribution in [0.25, 0.3) is 0 Å². The largest absolute Gasteiger partial charge is 0.497 e. The SMILES string of the molecule is COc1ccc(CN(C(=O)OC(C)OC(=O)CCCC[C@@H]2CCSS2)C(C)C(C)CO)c(OC)c1.COc1ccc(CN(C(=O)OC(C)OC(=O)CCCC[C@@H]2CCSS2)C(C)C(C)COC(=O)c2ccccc2)c(OC)c1.O=C(O)c1ccccc1. The van der Waals surface area contributed by atoms with E-state index in [0.717, 1.165) is 49.7 Å². The first-order chi connectivity index (χ1) is 41.8. The Labute approximate surface area is 529 Å². The van der Waals surface area contributed by atoms with Gasteiger partial charge in [-0.2, -0.15) is 0 Å². The third kappa shape index (κ3) is 26.6. The molecule has 0 saturated carbocycles. The van der Waals surface area contributed by atoms with Crippen molar-refractivity contribution >= 4 is 79.2 Å². The predicted octanol–water partition coefficient (Wildman–Crippen LogP) is 13.8. The van der Waals surface area contributed by atoms with Crippen molar-refractivity contribution in [2.75, 3.05) is 53.2 Å². The van der Waals surface area contributed by atoms with Crippen LogP contribution in [0.5, 0.6) is 23.0 Å². The molecule has 2 aliphatic heterocycles. The summed E-state index contributed by atoms with van der Waals surface area (Å²) in [7, 11) is 13.9. The van der Waals surface area contributed by atoms with Gasteiger partial charge in [-0.1, -0.05) is 106 Å². The number of methoxy groups -OCH3 is 4. The molecule has 2 heterocycles. The van der Waals surface area contributed by atoms with Gasteiger partial charge in [0.2, 0.25) is 12.6 Å². The molecule has 0 bridgehead atoms. The number of carboxylic acid groups (broad SMARTS) is 1. The van der Waals surface area contributed by atoms with E-state index in [0.29, 0.717) is 51.0 Å². The zero-order valence-electron chi connectivity index (χ0n) is 51.7. The molecule has 2 N–H and O–H groups in total. The van der Waals surface area contributed by atoms with E-state index >= 15 is 0 Å². The van der Waals surface area contributed by atoms with E-state index in [2.05, 4.69) is 0 Å². The number of aliphatic hydroxyl groups excluding tert-OH is 1. The minimum absolute atomic E-state index is 0.0843. The smallest absolute Gasteiger partial charge is 0.413 e. The number of ether oxygens (including phenoxy) is 9. The standard InChI is InChI=1S/C32H43NO8S2.C25H39NO7S2.C7H6O2/c1-22(21-39-31(35)25-11-7-6-8-12-25)23(2)33(20-26-15-16-27(37-4)19-29(26)38-5)32(36)41-24(3)40-30(34)14-10-9-13-28-17-18-42-43-28;1-17(16-27)18(2)26(15-20-10-11-21(30-4)14-23(20)31-5)25(29)33-19(3)32-24(28)9-7-6-8-22-12-13-34-35-22;8-7(9)6-4-2-1-3-5-6/h6-8,11-12,15-16,19,22-24,28H,9-10,13-14,17-18,20-21H2,1-5H3;10-11,14,17-19,22,27H,6-9,12-13,15-16H2,1-5H3;1-5H,(H,8,9)/t22?,23?,24?,28-;17?,18?,19?,22-;/m11./s1. The van der Waals surface area contributed by atoms with Gasteiger partial charge >= 0.3 is 36.1 Å². The molecule has 4 aromatic rings. The Morgan fingerprint density at radius 1 is 0.540 bits per heavy atom. The molecule has 6 rings (SSSR count). The van der Waals surface area contributed by atoms with Crippen LogP contribution in [0.4, 0.5) is 9.59 Å². The van der Waals surface area contributed by atoms with Crippen molar-refractivity contribution in [1.29, 1.82) is 0 Å². The van der Waals surface area contributed by atoms with Crippen LogP contribution in [0.3, 0.4) is 0 Å². The molecule has 19 nitrogen and oxygen atoms in total. The van der Waals surface area contributed by atoms with Gasteiger partial charge in [-0.05, 0) is 107 Å². The predicted molar refractivity (Wildman–Crippen MR) is 343 cm³/mol. The number of carboxylic acids is 1. The molecule has 480 valence electrons. The summed E-state index contributed by atoms with van der Waals surface area (Å²) in [5.41, 5.74) is 2.26. The van der Waals surface area contributed by atoms with Gasteiger partial charge in [-0.3, -0.25) is 9.59 Å². The number of aromatic carboxylic acids is 1. The number of hydrogen-bond donors (Lipinski definition) is 2. The molecular weight excluding hydrogens is 1200 g/mol. The number of esters is 3. The lowest BCUT2D eigenvalue weighted by molar-refractivity contribution is -0.168. The summed E-state index contributed by atoms with van der Waals surface area (Å²) in [5, 5.41) is 19.4. The second-order valence-electron chi connectivity index (χ2n) is 20.9. The van der Waals surface area contributed by atoms with E-state index < -0.39 is 48.7 Å². The van der Waals surface area contributed by atoms with Crippen molar-refractivity contribution in [3.63, 3.8) is 0 Å². The maximum atomic E-state index is 13.5. The molecule has 0 spiro atoms. The van der Waals surface area contributed by atoms with Gasteiger partial charge in [0.15, 0.2) is 0 Å². The number of carbonyl (C=O) groups excluding carboxylic acids is 5. The van der Waals surface area contributed by atoms with Crippen molar-refractivity contribution in [3.05, 3.63) is 119 Å². The Bertz CT molecular complexity index is 2700. The van der Waals surface area contributed by atoms with Gasteiger partial charge in [0.25, 0.3) is 0 Å². The summed E-state index contributed by atoms with van der Waals surface area (Å²) < 4.78 is 48.9.